The highest BCUT2D eigenvalue weighted by Gasteiger charge is 2.23. The summed E-state index contributed by atoms with van der Waals surface area (Å²) in [6.07, 6.45) is 8.75. The van der Waals surface area contributed by atoms with Gasteiger partial charge in [-0.1, -0.05) is 24.3 Å². The summed E-state index contributed by atoms with van der Waals surface area (Å²) in [5.41, 5.74) is 2.37. The van der Waals surface area contributed by atoms with Crippen LogP contribution in [-0.2, 0) is 9.59 Å². The molecule has 1 saturated heterocycles. The number of rotatable bonds is 6. The molecule has 0 bridgehead atoms. The number of amides is 1. The van der Waals surface area contributed by atoms with Crippen LogP contribution in [0.15, 0.2) is 48.1 Å². The van der Waals surface area contributed by atoms with Gasteiger partial charge in [-0.3, -0.25) is 4.79 Å². The first-order valence-electron chi connectivity index (χ1n) is 9.43. The van der Waals surface area contributed by atoms with E-state index < -0.39 is 5.97 Å². The monoisotopic (exact) mass is 370 g/mol. The molecule has 1 amide bonds. The Labute approximate surface area is 159 Å². The minimum Gasteiger partial charge on any atom is -0.482 e. The summed E-state index contributed by atoms with van der Waals surface area (Å²) in [7, 11) is 0. The van der Waals surface area contributed by atoms with Crippen LogP contribution in [0.1, 0.15) is 30.7 Å². The maximum atomic E-state index is 12.5. The SMILES string of the molecule is O=C(O)COc1ccc(C2CCCN(C(=O)/C=C/C3=CCNCC3)C2)cc1. The third-order valence-electron chi connectivity index (χ3n) is 4.99. The molecule has 0 saturated carbocycles. The van der Waals surface area contributed by atoms with Gasteiger partial charge in [-0.25, -0.2) is 4.79 Å². The molecule has 0 spiro atoms. The Morgan fingerprint density at radius 3 is 2.81 bits per heavy atom. The van der Waals surface area contributed by atoms with Crippen LogP contribution in [0.3, 0.4) is 0 Å². The average molecular weight is 370 g/mol. The Balaban J connectivity index is 1.56. The van der Waals surface area contributed by atoms with E-state index in [2.05, 4.69) is 11.4 Å². The van der Waals surface area contributed by atoms with Crippen LogP contribution in [0.4, 0.5) is 0 Å². The fraction of sp³-hybridized carbons (Fsp3) is 0.429. The molecule has 6 nitrogen and oxygen atoms in total. The zero-order valence-corrected chi connectivity index (χ0v) is 15.4. The van der Waals surface area contributed by atoms with Gasteiger partial charge in [0.15, 0.2) is 6.61 Å². The van der Waals surface area contributed by atoms with Crippen molar-refractivity contribution in [3.63, 3.8) is 0 Å². The summed E-state index contributed by atoms with van der Waals surface area (Å²) in [5.74, 6) is -0.0832. The van der Waals surface area contributed by atoms with E-state index in [0.717, 1.165) is 44.5 Å². The highest BCUT2D eigenvalue weighted by molar-refractivity contribution is 5.88. The summed E-state index contributed by atoms with van der Waals surface area (Å²) >= 11 is 0. The molecule has 3 rings (SSSR count). The van der Waals surface area contributed by atoms with Gasteiger partial charge in [0.25, 0.3) is 0 Å². The molecule has 0 aliphatic carbocycles. The lowest BCUT2D eigenvalue weighted by Crippen LogP contribution is -2.38. The number of carboxylic acid groups (broad SMARTS) is 1. The first-order chi connectivity index (χ1) is 13.1. The zero-order chi connectivity index (χ0) is 19.1. The number of ether oxygens (including phenoxy) is 1. The smallest absolute Gasteiger partial charge is 0.341 e. The van der Waals surface area contributed by atoms with Crippen LogP contribution in [-0.4, -0.2) is 54.7 Å². The molecule has 1 aromatic carbocycles. The second-order valence-corrected chi connectivity index (χ2v) is 6.94. The van der Waals surface area contributed by atoms with Crippen molar-refractivity contribution in [2.75, 3.05) is 32.8 Å². The molecular weight excluding hydrogens is 344 g/mol. The molecule has 144 valence electrons. The van der Waals surface area contributed by atoms with Crippen molar-refractivity contribution in [2.45, 2.75) is 25.2 Å². The maximum absolute atomic E-state index is 12.5. The van der Waals surface area contributed by atoms with Crippen LogP contribution < -0.4 is 10.1 Å². The number of hydrogen-bond acceptors (Lipinski definition) is 4. The highest BCUT2D eigenvalue weighted by Crippen LogP contribution is 2.28. The number of carbonyl (C=O) groups excluding carboxylic acids is 1. The summed E-state index contributed by atoms with van der Waals surface area (Å²) < 4.78 is 5.18. The lowest BCUT2D eigenvalue weighted by Gasteiger charge is -2.32. The number of carbonyl (C=O) groups is 2. The normalized spacial score (nSPS) is 20.4. The van der Waals surface area contributed by atoms with Crippen molar-refractivity contribution in [3.05, 3.63) is 53.6 Å². The number of hydrogen-bond donors (Lipinski definition) is 2. The van der Waals surface area contributed by atoms with Crippen molar-refractivity contribution >= 4 is 11.9 Å². The summed E-state index contributed by atoms with van der Waals surface area (Å²) in [6.45, 7) is 2.98. The van der Waals surface area contributed by atoms with Gasteiger partial charge in [-0.2, -0.15) is 0 Å². The lowest BCUT2D eigenvalue weighted by atomic mass is 9.90. The third-order valence-corrected chi connectivity index (χ3v) is 4.99. The molecular formula is C21H26N2O4. The predicted molar refractivity (Wildman–Crippen MR) is 103 cm³/mol. The number of allylic oxidation sites excluding steroid dienone is 1. The molecule has 2 heterocycles. The third kappa shape index (κ3) is 5.69. The van der Waals surface area contributed by atoms with Crippen molar-refractivity contribution in [1.29, 1.82) is 0 Å². The van der Waals surface area contributed by atoms with Gasteiger partial charge in [0.05, 0.1) is 0 Å². The molecule has 27 heavy (non-hydrogen) atoms. The summed E-state index contributed by atoms with van der Waals surface area (Å²) in [4.78, 5) is 25.0. The molecule has 2 N–H and O–H groups in total. The van der Waals surface area contributed by atoms with Crippen LogP contribution in [0.5, 0.6) is 5.75 Å². The Morgan fingerprint density at radius 1 is 1.30 bits per heavy atom. The Kier molecular flexibility index (Phi) is 6.65. The average Bonchev–Trinajstić information content (AvgIpc) is 2.71. The maximum Gasteiger partial charge on any atom is 0.341 e. The van der Waals surface area contributed by atoms with E-state index in [4.69, 9.17) is 9.84 Å². The second kappa shape index (κ2) is 9.37. The Hall–Kier alpha value is -2.60. The van der Waals surface area contributed by atoms with Gasteiger partial charge >= 0.3 is 5.97 Å². The first-order valence-corrected chi connectivity index (χ1v) is 9.43. The van der Waals surface area contributed by atoms with Gasteiger partial charge in [0.2, 0.25) is 5.91 Å². The van der Waals surface area contributed by atoms with Gasteiger partial charge in [0, 0.05) is 31.6 Å². The fourth-order valence-corrected chi connectivity index (χ4v) is 3.51. The fourth-order valence-electron chi connectivity index (χ4n) is 3.51. The number of carboxylic acids is 1. The number of nitrogens with zero attached hydrogens (tertiary/aromatic N) is 1. The second-order valence-electron chi connectivity index (χ2n) is 6.94. The molecule has 6 heteroatoms. The van der Waals surface area contributed by atoms with Crippen LogP contribution in [0, 0.1) is 0 Å². The molecule has 1 aromatic rings. The van der Waals surface area contributed by atoms with Crippen LogP contribution >= 0.6 is 0 Å². The molecule has 2 aliphatic heterocycles. The Bertz CT molecular complexity index is 724. The molecule has 0 aromatic heterocycles. The topological polar surface area (TPSA) is 78.9 Å². The van der Waals surface area contributed by atoms with Crippen LogP contribution in [0.25, 0.3) is 0 Å². The van der Waals surface area contributed by atoms with Gasteiger partial charge in [-0.15, -0.1) is 0 Å². The van der Waals surface area contributed by atoms with Gasteiger partial charge in [-0.05, 0) is 49.1 Å². The number of benzene rings is 1. The van der Waals surface area contributed by atoms with Crippen molar-refractivity contribution in [3.8, 4) is 5.75 Å². The number of piperidine rings is 1. The standard InChI is InChI=1S/C21H26N2O4/c24-20(8-3-16-9-11-22-12-10-16)23-13-1-2-18(14-23)17-4-6-19(7-5-17)27-15-21(25)26/h3-9,18,22H,1-2,10-15H2,(H,25,26)/b8-3+. The zero-order valence-electron chi connectivity index (χ0n) is 15.4. The van der Waals surface area contributed by atoms with E-state index in [1.807, 2.05) is 23.1 Å². The quantitative estimate of drug-likeness (QED) is 0.752. The van der Waals surface area contributed by atoms with Gasteiger partial charge < -0.3 is 20.1 Å². The highest BCUT2D eigenvalue weighted by atomic mass is 16.5. The Morgan fingerprint density at radius 2 is 2.11 bits per heavy atom. The van der Waals surface area contributed by atoms with Crippen molar-refractivity contribution in [1.82, 2.24) is 10.2 Å². The van der Waals surface area contributed by atoms with Crippen LogP contribution in [0.2, 0.25) is 0 Å². The van der Waals surface area contributed by atoms with Gasteiger partial charge in [0.1, 0.15) is 5.75 Å². The van der Waals surface area contributed by atoms with E-state index in [-0.39, 0.29) is 12.5 Å². The largest absolute Gasteiger partial charge is 0.482 e. The number of aliphatic carboxylic acids is 1. The van der Waals surface area contributed by atoms with E-state index in [9.17, 15) is 9.59 Å². The van der Waals surface area contributed by atoms with E-state index in [1.165, 1.54) is 5.57 Å². The summed E-state index contributed by atoms with van der Waals surface area (Å²) in [6, 6.07) is 7.52. The van der Waals surface area contributed by atoms with E-state index >= 15 is 0 Å². The lowest BCUT2D eigenvalue weighted by molar-refractivity contribution is -0.139. The van der Waals surface area contributed by atoms with E-state index in [1.54, 1.807) is 18.2 Å². The number of likely N-dealkylation sites (tertiary alicyclic amines) is 1. The van der Waals surface area contributed by atoms with E-state index in [0.29, 0.717) is 18.2 Å². The van der Waals surface area contributed by atoms with Crippen molar-refractivity contribution in [2.24, 2.45) is 0 Å². The minimum atomic E-state index is -0.992. The number of nitrogens with one attached hydrogen (secondary N) is 1. The molecule has 1 atom stereocenters. The summed E-state index contributed by atoms with van der Waals surface area (Å²) in [5, 5.41) is 11.9. The predicted octanol–water partition coefficient (Wildman–Crippen LogP) is 2.33. The first kappa shape index (κ1) is 19.2. The molecule has 1 unspecified atom stereocenters. The molecule has 0 radical (unpaired) electrons. The molecule has 1 fully saturated rings. The molecule has 2 aliphatic rings. The minimum absolute atomic E-state index is 0.0699. The van der Waals surface area contributed by atoms with Crippen molar-refractivity contribution < 1.29 is 19.4 Å².